The molecule has 5 heteroatoms. The number of fused-ring (bicyclic) bond motifs is 6. The molecule has 0 spiro atoms. The minimum Gasteiger partial charge on any atom is -0.309 e. The number of hydrogen-bond acceptors (Lipinski definition) is 3. The highest BCUT2D eigenvalue weighted by Crippen LogP contribution is 2.39. The molecule has 5 aromatic heterocycles. The summed E-state index contributed by atoms with van der Waals surface area (Å²) in [6, 6.07) is 64.4. The molecule has 0 saturated carbocycles. The lowest BCUT2D eigenvalue weighted by molar-refractivity contribution is 1.14. The van der Waals surface area contributed by atoms with Crippen molar-refractivity contribution >= 4 is 43.7 Å². The van der Waals surface area contributed by atoms with E-state index >= 15 is 0 Å². The number of pyridine rings is 3. The zero-order chi connectivity index (χ0) is 37.0. The summed E-state index contributed by atoms with van der Waals surface area (Å²) >= 11 is 0. The van der Waals surface area contributed by atoms with E-state index in [0.717, 1.165) is 83.7 Å². The van der Waals surface area contributed by atoms with Gasteiger partial charge in [0.05, 0.1) is 27.9 Å². The summed E-state index contributed by atoms with van der Waals surface area (Å²) in [5, 5.41) is 4.74. The highest BCUT2D eigenvalue weighted by Gasteiger charge is 2.17. The van der Waals surface area contributed by atoms with Gasteiger partial charge in [0.15, 0.2) is 0 Å². The average molecular weight is 716 g/mol. The number of rotatable bonds is 6. The maximum absolute atomic E-state index is 5.11. The van der Waals surface area contributed by atoms with Gasteiger partial charge in [-0.2, -0.15) is 0 Å². The molecule has 0 atom stereocenters. The number of hydrogen-bond donors (Lipinski definition) is 0. The van der Waals surface area contributed by atoms with E-state index in [2.05, 4.69) is 177 Å². The van der Waals surface area contributed by atoms with E-state index in [0.29, 0.717) is 0 Å². The fourth-order valence-electron chi connectivity index (χ4n) is 8.25. The molecule has 0 aliphatic heterocycles. The monoisotopic (exact) mass is 715 g/mol. The molecule has 0 N–H and O–H groups in total. The second-order valence-electron chi connectivity index (χ2n) is 14.1. The van der Waals surface area contributed by atoms with Crippen LogP contribution in [-0.4, -0.2) is 24.1 Å². The molecule has 5 nitrogen and oxygen atoms in total. The van der Waals surface area contributed by atoms with Crippen molar-refractivity contribution in [1.82, 2.24) is 24.1 Å². The lowest BCUT2D eigenvalue weighted by Gasteiger charge is -2.13. The second-order valence-corrected chi connectivity index (χ2v) is 14.1. The number of aromatic nitrogens is 5. The molecule has 56 heavy (non-hydrogen) atoms. The number of nitrogens with zero attached hydrogens (tertiary/aromatic N) is 5. The minimum atomic E-state index is 0.928. The van der Waals surface area contributed by atoms with Gasteiger partial charge in [-0.25, -0.2) is 4.98 Å². The maximum Gasteiger partial charge on any atom is 0.145 e. The normalized spacial score (nSPS) is 11.6. The average Bonchev–Trinajstić information content (AvgIpc) is 3.79. The van der Waals surface area contributed by atoms with Crippen LogP contribution in [0.25, 0.3) is 99.9 Å². The Morgan fingerprint density at radius 2 is 0.875 bits per heavy atom. The van der Waals surface area contributed by atoms with Gasteiger partial charge in [0.25, 0.3) is 0 Å². The Hall–Kier alpha value is -7.63. The van der Waals surface area contributed by atoms with Gasteiger partial charge in [-0.05, 0) is 114 Å². The van der Waals surface area contributed by atoms with Crippen LogP contribution in [0, 0.1) is 0 Å². The van der Waals surface area contributed by atoms with Gasteiger partial charge < -0.3 is 4.57 Å². The van der Waals surface area contributed by atoms with Gasteiger partial charge in [-0.1, -0.05) is 84.9 Å². The highest BCUT2D eigenvalue weighted by atomic mass is 15.0. The minimum absolute atomic E-state index is 0.928. The Labute approximate surface area is 323 Å². The van der Waals surface area contributed by atoms with Gasteiger partial charge in [-0.3, -0.25) is 14.5 Å². The zero-order valence-corrected chi connectivity index (χ0v) is 30.3. The van der Waals surface area contributed by atoms with E-state index in [1.54, 1.807) is 0 Å². The quantitative estimate of drug-likeness (QED) is 0.172. The van der Waals surface area contributed by atoms with Gasteiger partial charge in [0.1, 0.15) is 5.65 Å². The summed E-state index contributed by atoms with van der Waals surface area (Å²) in [5.74, 6) is 0. The lowest BCUT2D eigenvalue weighted by Crippen LogP contribution is -1.95. The molecule has 0 radical (unpaired) electrons. The lowest BCUT2D eigenvalue weighted by atomic mass is 9.96. The Balaban J connectivity index is 1.05. The third kappa shape index (κ3) is 5.29. The van der Waals surface area contributed by atoms with Gasteiger partial charge in [0, 0.05) is 68.2 Å². The van der Waals surface area contributed by atoms with Crippen LogP contribution < -0.4 is 0 Å². The largest absolute Gasteiger partial charge is 0.309 e. The van der Waals surface area contributed by atoms with Crippen LogP contribution in [0.3, 0.4) is 0 Å². The topological polar surface area (TPSA) is 48.5 Å². The van der Waals surface area contributed by atoms with E-state index in [1.165, 1.54) is 16.2 Å². The predicted octanol–water partition coefficient (Wildman–Crippen LogP) is 12.7. The van der Waals surface area contributed by atoms with Crippen LogP contribution in [-0.2, 0) is 0 Å². The molecular formula is C51H33N5. The summed E-state index contributed by atoms with van der Waals surface area (Å²) in [6.07, 6.45) is 5.70. The molecule has 0 aliphatic rings. The molecule has 0 amide bonds. The Kier molecular flexibility index (Phi) is 7.42. The van der Waals surface area contributed by atoms with Crippen molar-refractivity contribution in [3.05, 3.63) is 201 Å². The molecule has 11 aromatic rings. The first-order chi connectivity index (χ1) is 27.8. The highest BCUT2D eigenvalue weighted by molar-refractivity contribution is 6.12. The van der Waals surface area contributed by atoms with Crippen LogP contribution in [0.15, 0.2) is 201 Å². The predicted molar refractivity (Wildman–Crippen MR) is 230 cm³/mol. The van der Waals surface area contributed by atoms with Crippen molar-refractivity contribution < 1.29 is 0 Å². The Morgan fingerprint density at radius 3 is 1.59 bits per heavy atom. The van der Waals surface area contributed by atoms with Gasteiger partial charge >= 0.3 is 0 Å². The summed E-state index contributed by atoms with van der Waals surface area (Å²) in [4.78, 5) is 14.5. The molecule has 6 aromatic carbocycles. The summed E-state index contributed by atoms with van der Waals surface area (Å²) in [5.41, 5.74) is 15.0. The van der Waals surface area contributed by atoms with Crippen molar-refractivity contribution in [2.24, 2.45) is 0 Å². The molecular weight excluding hydrogens is 683 g/mol. The van der Waals surface area contributed by atoms with Crippen molar-refractivity contribution in [2.45, 2.75) is 0 Å². The first-order valence-corrected chi connectivity index (χ1v) is 18.8. The fraction of sp³-hybridized carbons (Fsp3) is 0. The Morgan fingerprint density at radius 1 is 0.304 bits per heavy atom. The molecule has 5 heterocycles. The SMILES string of the molecule is c1ccc(-n2c3ccccc3c3cc(-c4ccc5c(c4)c4ccccc4n5-c4cccc(-c5cc(-c6ccccn6)cc(-c6ccccn6)c5)c4)cnc32)cc1. The third-order valence-electron chi connectivity index (χ3n) is 10.8. The van der Waals surface area contributed by atoms with Crippen molar-refractivity contribution in [2.75, 3.05) is 0 Å². The molecule has 0 aliphatic carbocycles. The van der Waals surface area contributed by atoms with Crippen molar-refractivity contribution in [3.63, 3.8) is 0 Å². The molecule has 0 bridgehead atoms. The molecule has 0 fully saturated rings. The van der Waals surface area contributed by atoms with Gasteiger partial charge in [-0.15, -0.1) is 0 Å². The van der Waals surface area contributed by atoms with Crippen molar-refractivity contribution in [1.29, 1.82) is 0 Å². The summed E-state index contributed by atoms with van der Waals surface area (Å²) in [6.45, 7) is 0. The van der Waals surface area contributed by atoms with Crippen LogP contribution in [0.4, 0.5) is 0 Å². The number of benzene rings is 6. The van der Waals surface area contributed by atoms with Crippen LogP contribution in [0.2, 0.25) is 0 Å². The molecule has 11 rings (SSSR count). The zero-order valence-electron chi connectivity index (χ0n) is 30.3. The van der Waals surface area contributed by atoms with E-state index < -0.39 is 0 Å². The second kappa shape index (κ2) is 13.0. The van der Waals surface area contributed by atoms with Crippen molar-refractivity contribution in [3.8, 4) is 56.1 Å². The molecule has 262 valence electrons. The van der Waals surface area contributed by atoms with E-state index in [9.17, 15) is 0 Å². The maximum atomic E-state index is 5.11. The van der Waals surface area contributed by atoms with Crippen LogP contribution >= 0.6 is 0 Å². The van der Waals surface area contributed by atoms with Gasteiger partial charge in [0.2, 0.25) is 0 Å². The molecule has 0 unspecified atom stereocenters. The summed E-state index contributed by atoms with van der Waals surface area (Å²) < 4.78 is 4.64. The summed E-state index contributed by atoms with van der Waals surface area (Å²) in [7, 11) is 0. The van der Waals surface area contributed by atoms with E-state index in [1.807, 2.05) is 42.9 Å². The first kappa shape index (κ1) is 31.9. The number of para-hydroxylation sites is 3. The van der Waals surface area contributed by atoms with Crippen LogP contribution in [0.5, 0.6) is 0 Å². The van der Waals surface area contributed by atoms with E-state index in [4.69, 9.17) is 4.98 Å². The smallest absolute Gasteiger partial charge is 0.145 e. The Bertz CT molecular complexity index is 3180. The molecule has 0 saturated heterocycles. The third-order valence-corrected chi connectivity index (χ3v) is 10.8. The standard InChI is InChI=1S/C51H33N5/c1-2-14-40(15-3-1)56-49-22-7-5-18-43(49)45-32-39(33-54-51(45)56)35-23-24-50-44(31-35)42-17-4-6-21-48(42)55(50)41-16-12-13-34(30-41)36-27-37(46-19-8-10-25-52-46)29-38(28-36)47-20-9-11-26-53-47/h1-33H. The first-order valence-electron chi connectivity index (χ1n) is 18.8. The fourth-order valence-corrected chi connectivity index (χ4v) is 8.25. The van der Waals surface area contributed by atoms with Crippen LogP contribution in [0.1, 0.15) is 0 Å². The van der Waals surface area contributed by atoms with E-state index in [-0.39, 0.29) is 0 Å².